The number of hydrogen-bond donors (Lipinski definition) is 1. The highest BCUT2D eigenvalue weighted by Crippen LogP contribution is 2.19. The number of halogens is 1. The summed E-state index contributed by atoms with van der Waals surface area (Å²) in [5.41, 5.74) is 0.806. The number of benzene rings is 2. The first-order valence-electron chi connectivity index (χ1n) is 10.9. The van der Waals surface area contributed by atoms with Crippen molar-refractivity contribution in [1.82, 2.24) is 14.9 Å². The zero-order valence-corrected chi connectivity index (χ0v) is 18.7. The molecular formula is C24H26ClN3O4. The van der Waals surface area contributed by atoms with Crippen molar-refractivity contribution in [2.75, 3.05) is 19.8 Å². The van der Waals surface area contributed by atoms with E-state index in [1.165, 1.54) is 0 Å². The average Bonchev–Trinajstić information content (AvgIpc) is 3.31. The molecule has 32 heavy (non-hydrogen) atoms. The van der Waals surface area contributed by atoms with E-state index in [1.807, 2.05) is 6.92 Å². The topological polar surface area (TPSA) is 84.5 Å². The molecule has 1 atom stereocenters. The fourth-order valence-corrected chi connectivity index (χ4v) is 3.95. The number of hydrogen-bond acceptors (Lipinski definition) is 5. The molecule has 7 nitrogen and oxygen atoms in total. The van der Waals surface area contributed by atoms with Crippen LogP contribution in [0, 0.1) is 0 Å². The molecule has 1 saturated heterocycles. The minimum absolute atomic E-state index is 0.133. The molecule has 0 bridgehead atoms. The Balaban J connectivity index is 1.47. The van der Waals surface area contributed by atoms with Crippen LogP contribution in [0.25, 0.3) is 10.9 Å². The maximum absolute atomic E-state index is 13.1. The number of ether oxygens (including phenoxy) is 2. The monoisotopic (exact) mass is 455 g/mol. The first-order chi connectivity index (χ1) is 15.5. The average molecular weight is 456 g/mol. The SMILES string of the molecule is CCCN(Cc1nc2cc(Cl)ccc2c(=O)[nH]1)C(=O)c1ccc(OCC2CCCO2)cc1. The summed E-state index contributed by atoms with van der Waals surface area (Å²) in [5.74, 6) is 0.992. The number of nitrogens with zero attached hydrogens (tertiary/aromatic N) is 2. The molecule has 1 N–H and O–H groups in total. The van der Waals surface area contributed by atoms with Crippen LogP contribution < -0.4 is 10.3 Å². The lowest BCUT2D eigenvalue weighted by Gasteiger charge is -2.22. The summed E-state index contributed by atoms with van der Waals surface area (Å²) in [6.45, 7) is 4.03. The molecule has 168 valence electrons. The Morgan fingerprint density at radius 1 is 1.28 bits per heavy atom. The van der Waals surface area contributed by atoms with Gasteiger partial charge in [-0.15, -0.1) is 0 Å². The number of aromatic amines is 1. The van der Waals surface area contributed by atoms with Crippen molar-refractivity contribution >= 4 is 28.4 Å². The van der Waals surface area contributed by atoms with Crippen LogP contribution in [0.5, 0.6) is 5.75 Å². The summed E-state index contributed by atoms with van der Waals surface area (Å²) in [6, 6.07) is 12.1. The normalized spacial score (nSPS) is 15.8. The van der Waals surface area contributed by atoms with Gasteiger partial charge in [-0.3, -0.25) is 9.59 Å². The summed E-state index contributed by atoms with van der Waals surface area (Å²) in [7, 11) is 0. The van der Waals surface area contributed by atoms with Crippen LogP contribution in [0.1, 0.15) is 42.4 Å². The molecule has 3 aromatic rings. The van der Waals surface area contributed by atoms with Gasteiger partial charge < -0.3 is 19.4 Å². The fourth-order valence-electron chi connectivity index (χ4n) is 3.78. The third-order valence-electron chi connectivity index (χ3n) is 5.40. The second-order valence-corrected chi connectivity index (χ2v) is 8.31. The Morgan fingerprint density at radius 2 is 2.09 bits per heavy atom. The number of carbonyl (C=O) groups excluding carboxylic acids is 1. The summed E-state index contributed by atoms with van der Waals surface area (Å²) in [5, 5.41) is 0.968. The summed E-state index contributed by atoms with van der Waals surface area (Å²) in [6.07, 6.45) is 3.00. The summed E-state index contributed by atoms with van der Waals surface area (Å²) in [4.78, 5) is 34.5. The molecular weight excluding hydrogens is 430 g/mol. The zero-order valence-electron chi connectivity index (χ0n) is 18.0. The second-order valence-electron chi connectivity index (χ2n) is 7.87. The van der Waals surface area contributed by atoms with Gasteiger partial charge in [-0.25, -0.2) is 4.98 Å². The van der Waals surface area contributed by atoms with Gasteiger partial charge in [0.05, 0.1) is 23.6 Å². The van der Waals surface area contributed by atoms with E-state index in [9.17, 15) is 9.59 Å². The maximum atomic E-state index is 13.1. The predicted octanol–water partition coefficient (Wildman–Crippen LogP) is 4.19. The van der Waals surface area contributed by atoms with Gasteiger partial charge in [-0.1, -0.05) is 18.5 Å². The first-order valence-corrected chi connectivity index (χ1v) is 11.2. The Hall–Kier alpha value is -2.90. The van der Waals surface area contributed by atoms with Gasteiger partial charge in [0.1, 0.15) is 18.2 Å². The van der Waals surface area contributed by atoms with E-state index < -0.39 is 0 Å². The number of H-pyrrole nitrogens is 1. The van der Waals surface area contributed by atoms with Crippen molar-refractivity contribution < 1.29 is 14.3 Å². The highest BCUT2D eigenvalue weighted by atomic mass is 35.5. The Bertz CT molecular complexity index is 1140. The maximum Gasteiger partial charge on any atom is 0.258 e. The lowest BCUT2D eigenvalue weighted by molar-refractivity contribution is 0.0678. The smallest absolute Gasteiger partial charge is 0.258 e. The van der Waals surface area contributed by atoms with Gasteiger partial charge in [-0.05, 0) is 61.7 Å². The third kappa shape index (κ3) is 5.29. The van der Waals surface area contributed by atoms with Crippen molar-refractivity contribution in [2.45, 2.75) is 38.8 Å². The largest absolute Gasteiger partial charge is 0.491 e. The number of aromatic nitrogens is 2. The van der Waals surface area contributed by atoms with Crippen LogP contribution >= 0.6 is 11.6 Å². The van der Waals surface area contributed by atoms with E-state index in [-0.39, 0.29) is 24.1 Å². The molecule has 0 saturated carbocycles. The van der Waals surface area contributed by atoms with Gasteiger partial charge >= 0.3 is 0 Å². The molecule has 2 heterocycles. The molecule has 1 aliphatic heterocycles. The number of amides is 1. The molecule has 0 radical (unpaired) electrons. The van der Waals surface area contributed by atoms with Gasteiger partial charge in [0, 0.05) is 23.7 Å². The molecule has 0 spiro atoms. The molecule has 1 fully saturated rings. The van der Waals surface area contributed by atoms with Crippen LogP contribution in [0.3, 0.4) is 0 Å². The van der Waals surface area contributed by atoms with Crippen LogP contribution in [0.15, 0.2) is 47.3 Å². The van der Waals surface area contributed by atoms with E-state index in [2.05, 4.69) is 9.97 Å². The zero-order chi connectivity index (χ0) is 22.5. The van der Waals surface area contributed by atoms with Gasteiger partial charge in [0.2, 0.25) is 0 Å². The molecule has 2 aromatic carbocycles. The lowest BCUT2D eigenvalue weighted by Crippen LogP contribution is -2.32. The predicted molar refractivity (Wildman–Crippen MR) is 123 cm³/mol. The van der Waals surface area contributed by atoms with Crippen molar-refractivity contribution in [1.29, 1.82) is 0 Å². The van der Waals surface area contributed by atoms with E-state index in [0.29, 0.717) is 46.2 Å². The van der Waals surface area contributed by atoms with E-state index in [1.54, 1.807) is 47.4 Å². The number of fused-ring (bicyclic) bond motifs is 1. The standard InChI is InChI=1S/C24H26ClN3O4/c1-2-11-28(14-22-26-21-13-17(25)7-10-20(21)23(29)27-22)24(30)16-5-8-18(9-6-16)32-15-19-4-3-12-31-19/h5-10,13,19H,2-4,11-12,14-15H2,1H3,(H,26,27,29). The fraction of sp³-hybridized carbons (Fsp3) is 0.375. The second kappa shape index (κ2) is 10.1. The van der Waals surface area contributed by atoms with Gasteiger partial charge in [0.25, 0.3) is 11.5 Å². The molecule has 1 amide bonds. The van der Waals surface area contributed by atoms with Gasteiger partial charge in [-0.2, -0.15) is 0 Å². The third-order valence-corrected chi connectivity index (χ3v) is 5.64. The van der Waals surface area contributed by atoms with E-state index in [4.69, 9.17) is 21.1 Å². The van der Waals surface area contributed by atoms with Crippen molar-refractivity contribution in [3.8, 4) is 5.75 Å². The summed E-state index contributed by atoms with van der Waals surface area (Å²) >= 11 is 6.05. The van der Waals surface area contributed by atoms with E-state index in [0.717, 1.165) is 25.9 Å². The Kier molecular flexibility index (Phi) is 7.07. The van der Waals surface area contributed by atoms with Crippen molar-refractivity contribution in [3.05, 3.63) is 69.2 Å². The lowest BCUT2D eigenvalue weighted by atomic mass is 10.1. The number of rotatable bonds is 8. The minimum atomic E-state index is -0.252. The van der Waals surface area contributed by atoms with Crippen LogP contribution in [0.2, 0.25) is 5.02 Å². The molecule has 8 heteroatoms. The number of carbonyl (C=O) groups is 1. The van der Waals surface area contributed by atoms with E-state index >= 15 is 0 Å². The molecule has 1 aromatic heterocycles. The number of nitrogens with one attached hydrogen (secondary N) is 1. The van der Waals surface area contributed by atoms with Crippen LogP contribution in [0.4, 0.5) is 0 Å². The highest BCUT2D eigenvalue weighted by molar-refractivity contribution is 6.31. The van der Waals surface area contributed by atoms with Crippen LogP contribution in [-0.4, -0.2) is 46.6 Å². The van der Waals surface area contributed by atoms with Crippen molar-refractivity contribution in [3.63, 3.8) is 0 Å². The molecule has 1 unspecified atom stereocenters. The van der Waals surface area contributed by atoms with Gasteiger partial charge in [0.15, 0.2) is 0 Å². The minimum Gasteiger partial charge on any atom is -0.491 e. The van der Waals surface area contributed by atoms with Crippen LogP contribution in [-0.2, 0) is 11.3 Å². The quantitative estimate of drug-likeness (QED) is 0.550. The molecule has 1 aliphatic rings. The van der Waals surface area contributed by atoms with Crippen molar-refractivity contribution in [2.24, 2.45) is 0 Å². The highest BCUT2D eigenvalue weighted by Gasteiger charge is 2.19. The first kappa shape index (κ1) is 22.3. The Labute approximate surface area is 191 Å². The molecule has 0 aliphatic carbocycles. The Morgan fingerprint density at radius 3 is 2.81 bits per heavy atom. The summed E-state index contributed by atoms with van der Waals surface area (Å²) < 4.78 is 11.4. The molecule has 4 rings (SSSR count).